The maximum Gasteiger partial charge on any atom is 0.228 e. The second-order valence-electron chi connectivity index (χ2n) is 7.30. The van der Waals surface area contributed by atoms with Crippen LogP contribution in [0, 0.1) is 0 Å². The predicted molar refractivity (Wildman–Crippen MR) is 101 cm³/mol. The molecule has 2 heterocycles. The molecule has 2 aliphatic rings. The van der Waals surface area contributed by atoms with Crippen molar-refractivity contribution in [1.82, 2.24) is 9.80 Å². The molecule has 3 rings (SSSR count). The molecule has 1 aromatic rings. The second kappa shape index (κ2) is 8.79. The van der Waals surface area contributed by atoms with Crippen molar-refractivity contribution in [3.63, 3.8) is 0 Å². The molecule has 2 aliphatic heterocycles. The second-order valence-corrected chi connectivity index (χ2v) is 7.30. The molecule has 0 saturated carbocycles. The molecule has 1 N–H and O–H groups in total. The first-order chi connectivity index (χ1) is 12.2. The lowest BCUT2D eigenvalue weighted by Crippen LogP contribution is -2.44. The van der Waals surface area contributed by atoms with Gasteiger partial charge in [0.1, 0.15) is 0 Å². The van der Waals surface area contributed by atoms with Crippen LogP contribution in [0.5, 0.6) is 0 Å². The van der Waals surface area contributed by atoms with E-state index in [-0.39, 0.29) is 12.5 Å². The Hall–Kier alpha value is -1.43. The number of hydrogen-bond donors (Lipinski definition) is 1. The number of carbonyl (C=O) groups excluding carboxylic acids is 1. The number of fused-ring (bicyclic) bond motifs is 1. The van der Waals surface area contributed by atoms with Crippen molar-refractivity contribution in [2.75, 3.05) is 51.3 Å². The normalized spacial score (nSPS) is 18.8. The summed E-state index contributed by atoms with van der Waals surface area (Å²) in [6.45, 7) is 5.06. The Morgan fingerprint density at radius 1 is 1.24 bits per heavy atom. The largest absolute Gasteiger partial charge is 0.396 e. The van der Waals surface area contributed by atoms with Gasteiger partial charge in [-0.15, -0.1) is 0 Å². The zero-order chi connectivity index (χ0) is 17.6. The number of anilines is 1. The maximum absolute atomic E-state index is 12.6. The molecular weight excluding hydrogens is 314 g/mol. The molecule has 5 nitrogen and oxygen atoms in total. The summed E-state index contributed by atoms with van der Waals surface area (Å²) in [4.78, 5) is 19.4. The number of carbonyl (C=O) groups is 1. The molecule has 0 bridgehead atoms. The van der Waals surface area contributed by atoms with Crippen molar-refractivity contribution < 1.29 is 9.90 Å². The van der Waals surface area contributed by atoms with E-state index in [0.717, 1.165) is 64.1 Å². The molecule has 1 aromatic carbocycles. The summed E-state index contributed by atoms with van der Waals surface area (Å²) in [7, 11) is 2.16. The van der Waals surface area contributed by atoms with E-state index in [4.69, 9.17) is 5.11 Å². The predicted octanol–water partition coefficient (Wildman–Crippen LogP) is 1.74. The number of para-hydroxylation sites is 1. The minimum Gasteiger partial charge on any atom is -0.396 e. The third kappa shape index (κ3) is 4.60. The molecule has 0 aliphatic carbocycles. The number of aliphatic hydroxyl groups is 1. The summed E-state index contributed by atoms with van der Waals surface area (Å²) in [5, 5.41) is 8.96. The molecule has 25 heavy (non-hydrogen) atoms. The van der Waals surface area contributed by atoms with Crippen LogP contribution in [0.3, 0.4) is 0 Å². The molecule has 0 spiro atoms. The molecule has 0 aromatic heterocycles. The van der Waals surface area contributed by atoms with Crippen molar-refractivity contribution in [2.45, 2.75) is 38.1 Å². The van der Waals surface area contributed by atoms with Crippen molar-refractivity contribution in [3.05, 3.63) is 29.8 Å². The van der Waals surface area contributed by atoms with E-state index in [1.54, 1.807) is 0 Å². The van der Waals surface area contributed by atoms with Gasteiger partial charge < -0.3 is 19.8 Å². The van der Waals surface area contributed by atoms with Crippen molar-refractivity contribution in [2.24, 2.45) is 0 Å². The van der Waals surface area contributed by atoms with E-state index < -0.39 is 0 Å². The summed E-state index contributed by atoms with van der Waals surface area (Å²) < 4.78 is 0. The zero-order valence-electron chi connectivity index (χ0n) is 15.4. The molecule has 0 radical (unpaired) electrons. The lowest BCUT2D eigenvalue weighted by atomic mass is 10.0. The van der Waals surface area contributed by atoms with Crippen molar-refractivity contribution in [1.29, 1.82) is 0 Å². The van der Waals surface area contributed by atoms with E-state index in [9.17, 15) is 4.79 Å². The highest BCUT2D eigenvalue weighted by Gasteiger charge is 2.26. The van der Waals surface area contributed by atoms with Crippen LogP contribution in [0.4, 0.5) is 5.69 Å². The summed E-state index contributed by atoms with van der Waals surface area (Å²) in [5.74, 6) is 0.257. The third-order valence-electron chi connectivity index (χ3n) is 5.68. The van der Waals surface area contributed by atoms with Gasteiger partial charge in [0.15, 0.2) is 0 Å². The van der Waals surface area contributed by atoms with E-state index in [2.05, 4.69) is 35.0 Å². The monoisotopic (exact) mass is 345 g/mol. The Labute approximate surface area is 151 Å². The Morgan fingerprint density at radius 3 is 2.76 bits per heavy atom. The van der Waals surface area contributed by atoms with Crippen LogP contribution < -0.4 is 4.90 Å². The van der Waals surface area contributed by atoms with Crippen molar-refractivity contribution in [3.8, 4) is 0 Å². The Bertz CT molecular complexity index is 570. The number of likely N-dealkylation sites (tertiary alicyclic amines) is 1. The Balaban J connectivity index is 1.41. The van der Waals surface area contributed by atoms with Crippen LogP contribution >= 0.6 is 0 Å². The van der Waals surface area contributed by atoms with Gasteiger partial charge in [-0.1, -0.05) is 18.2 Å². The van der Waals surface area contributed by atoms with Gasteiger partial charge in [0.25, 0.3) is 0 Å². The average molecular weight is 345 g/mol. The topological polar surface area (TPSA) is 47.0 Å². The smallest absolute Gasteiger partial charge is 0.228 e. The van der Waals surface area contributed by atoms with Gasteiger partial charge in [-0.3, -0.25) is 4.79 Å². The minimum atomic E-state index is 0.257. The van der Waals surface area contributed by atoms with Crippen LogP contribution in [-0.2, 0) is 11.2 Å². The summed E-state index contributed by atoms with van der Waals surface area (Å²) in [6.07, 6.45) is 4.75. The van der Waals surface area contributed by atoms with Gasteiger partial charge in [-0.25, -0.2) is 0 Å². The molecule has 1 saturated heterocycles. The number of hydrogen-bond acceptors (Lipinski definition) is 4. The third-order valence-corrected chi connectivity index (χ3v) is 5.68. The average Bonchev–Trinajstić information content (AvgIpc) is 3.09. The van der Waals surface area contributed by atoms with Gasteiger partial charge >= 0.3 is 0 Å². The molecule has 0 atom stereocenters. The quantitative estimate of drug-likeness (QED) is 0.818. The molecular formula is C20H31N3O2. The first kappa shape index (κ1) is 18.4. The van der Waals surface area contributed by atoms with Gasteiger partial charge in [-0.2, -0.15) is 0 Å². The van der Waals surface area contributed by atoms with Gasteiger partial charge in [0.2, 0.25) is 5.91 Å². The number of rotatable bonds is 7. The van der Waals surface area contributed by atoms with Crippen LogP contribution in [0.25, 0.3) is 0 Å². The standard InChI is InChI=1S/C20H31N3O2/c1-21(11-4-16-24)18-8-12-22(13-9-18)14-10-20(25)23-15-7-17-5-2-3-6-19(17)23/h2-3,5-6,18,24H,4,7-16H2,1H3. The summed E-state index contributed by atoms with van der Waals surface area (Å²) >= 11 is 0. The fraction of sp³-hybridized carbons (Fsp3) is 0.650. The molecule has 138 valence electrons. The highest BCUT2D eigenvalue weighted by Crippen LogP contribution is 2.28. The van der Waals surface area contributed by atoms with E-state index >= 15 is 0 Å². The molecule has 5 heteroatoms. The van der Waals surface area contributed by atoms with Gasteiger partial charge in [0.05, 0.1) is 0 Å². The number of piperidine rings is 1. The maximum atomic E-state index is 12.6. The first-order valence-electron chi connectivity index (χ1n) is 9.61. The van der Waals surface area contributed by atoms with E-state index in [0.29, 0.717) is 12.5 Å². The zero-order valence-corrected chi connectivity index (χ0v) is 15.4. The van der Waals surface area contributed by atoms with Crippen LogP contribution in [0.1, 0.15) is 31.2 Å². The summed E-state index contributed by atoms with van der Waals surface area (Å²) in [6, 6.07) is 8.87. The minimum absolute atomic E-state index is 0.257. The van der Waals surface area contributed by atoms with E-state index in [1.807, 2.05) is 11.0 Å². The van der Waals surface area contributed by atoms with Gasteiger partial charge in [0, 0.05) is 44.4 Å². The number of benzene rings is 1. The number of amides is 1. The van der Waals surface area contributed by atoms with Crippen LogP contribution in [0.15, 0.2) is 24.3 Å². The van der Waals surface area contributed by atoms with E-state index in [1.165, 1.54) is 5.56 Å². The van der Waals surface area contributed by atoms with Crippen LogP contribution in [0.2, 0.25) is 0 Å². The number of aliphatic hydroxyl groups excluding tert-OH is 1. The fourth-order valence-electron chi connectivity index (χ4n) is 4.07. The molecule has 0 unspecified atom stereocenters. The lowest BCUT2D eigenvalue weighted by molar-refractivity contribution is -0.118. The molecule has 1 amide bonds. The van der Waals surface area contributed by atoms with Gasteiger partial charge in [-0.05, 0) is 57.5 Å². The summed E-state index contributed by atoms with van der Waals surface area (Å²) in [5.41, 5.74) is 2.40. The highest BCUT2D eigenvalue weighted by atomic mass is 16.3. The first-order valence-corrected chi connectivity index (χ1v) is 9.61. The Kier molecular flexibility index (Phi) is 6.45. The highest BCUT2D eigenvalue weighted by molar-refractivity contribution is 5.95. The lowest BCUT2D eigenvalue weighted by Gasteiger charge is -2.36. The Morgan fingerprint density at radius 2 is 2.00 bits per heavy atom. The molecule has 1 fully saturated rings. The van der Waals surface area contributed by atoms with Crippen molar-refractivity contribution >= 4 is 11.6 Å². The number of nitrogens with zero attached hydrogens (tertiary/aromatic N) is 3. The SMILES string of the molecule is CN(CCCO)C1CCN(CCC(=O)N2CCc3ccccc32)CC1. The van der Waals surface area contributed by atoms with Crippen LogP contribution in [-0.4, -0.2) is 73.2 Å². The fourth-order valence-corrected chi connectivity index (χ4v) is 4.07.